The van der Waals surface area contributed by atoms with Crippen molar-refractivity contribution >= 4 is 32.8 Å². The Morgan fingerprint density at radius 2 is 1.80 bits per heavy atom. The van der Waals surface area contributed by atoms with Gasteiger partial charge >= 0.3 is 5.63 Å². The van der Waals surface area contributed by atoms with E-state index in [0.29, 0.717) is 21.9 Å². The summed E-state index contributed by atoms with van der Waals surface area (Å²) in [5, 5.41) is 1.82. The molecule has 1 N–H and O–H groups in total. The van der Waals surface area contributed by atoms with Gasteiger partial charge in [0.15, 0.2) is 0 Å². The van der Waals surface area contributed by atoms with Crippen LogP contribution in [0, 0.1) is 0 Å². The molecule has 4 aromatic rings. The van der Waals surface area contributed by atoms with Gasteiger partial charge in [0.25, 0.3) is 5.56 Å². The van der Waals surface area contributed by atoms with Gasteiger partial charge in [-0.05, 0) is 18.2 Å². The molecule has 3 heterocycles. The first-order valence-electron chi connectivity index (χ1n) is 6.08. The number of H-pyrrole nitrogens is 1. The largest absolute Gasteiger partial charge is 0.421 e. The molecule has 20 heavy (non-hydrogen) atoms. The molecule has 0 saturated heterocycles. The van der Waals surface area contributed by atoms with Gasteiger partial charge in [-0.3, -0.25) is 9.78 Å². The lowest BCUT2D eigenvalue weighted by atomic mass is 10.1. The number of nitrogens with one attached hydrogen (secondary N) is 1. The third kappa shape index (κ3) is 1.34. The van der Waals surface area contributed by atoms with E-state index in [1.807, 2.05) is 12.1 Å². The van der Waals surface area contributed by atoms with Crippen LogP contribution in [0.1, 0.15) is 0 Å². The van der Waals surface area contributed by atoms with E-state index in [1.165, 1.54) is 0 Å². The second kappa shape index (κ2) is 3.77. The Morgan fingerprint density at radius 1 is 1.00 bits per heavy atom. The van der Waals surface area contributed by atoms with E-state index in [1.54, 1.807) is 30.5 Å². The molecule has 0 aliphatic rings. The van der Waals surface area contributed by atoms with Crippen molar-refractivity contribution in [1.82, 2.24) is 9.97 Å². The molecule has 5 heteroatoms. The number of hydrogen-bond acceptors (Lipinski definition) is 4. The predicted octanol–water partition coefficient (Wildman–Crippen LogP) is 2.18. The van der Waals surface area contributed by atoms with Crippen molar-refractivity contribution in [2.75, 3.05) is 0 Å². The number of aromatic nitrogens is 2. The number of hydrogen-bond donors (Lipinski definition) is 1. The summed E-state index contributed by atoms with van der Waals surface area (Å²) in [5.41, 5.74) is 0.228. The zero-order valence-electron chi connectivity index (χ0n) is 10.2. The minimum Gasteiger partial charge on any atom is -0.421 e. The molecular formula is C15H8N2O3. The fourth-order valence-electron chi connectivity index (χ4n) is 2.48. The van der Waals surface area contributed by atoms with Gasteiger partial charge in [-0.15, -0.1) is 0 Å². The van der Waals surface area contributed by atoms with Crippen molar-refractivity contribution in [2.24, 2.45) is 0 Å². The second-order valence-electron chi connectivity index (χ2n) is 4.49. The van der Waals surface area contributed by atoms with Gasteiger partial charge < -0.3 is 9.40 Å². The number of pyridine rings is 2. The maximum absolute atomic E-state index is 12.0. The van der Waals surface area contributed by atoms with Crippen LogP contribution in [0.25, 0.3) is 32.8 Å². The molecule has 0 spiro atoms. The van der Waals surface area contributed by atoms with E-state index < -0.39 is 5.63 Å². The standard InChI is InChI=1S/C15H8N2O3/c18-14-9-5-3-7-16-12(9)11-8-4-1-2-6-10(8)20-15(19)13(11)17-14/h1-7H,(H,17,18). The molecule has 0 saturated carbocycles. The van der Waals surface area contributed by atoms with Gasteiger partial charge in [-0.2, -0.15) is 0 Å². The topological polar surface area (TPSA) is 76.0 Å². The molecule has 0 radical (unpaired) electrons. The Labute approximate surface area is 111 Å². The Hall–Kier alpha value is -2.95. The van der Waals surface area contributed by atoms with Crippen molar-refractivity contribution in [3.8, 4) is 0 Å². The van der Waals surface area contributed by atoms with E-state index in [9.17, 15) is 9.59 Å². The van der Waals surface area contributed by atoms with E-state index in [2.05, 4.69) is 9.97 Å². The summed E-state index contributed by atoms with van der Waals surface area (Å²) < 4.78 is 5.23. The van der Waals surface area contributed by atoms with Crippen molar-refractivity contribution < 1.29 is 4.42 Å². The third-order valence-electron chi connectivity index (χ3n) is 3.34. The SMILES string of the molecule is O=c1[nH]c2c(=O)oc3ccccc3c2c2ncccc12. The van der Waals surface area contributed by atoms with Crippen LogP contribution in [0.4, 0.5) is 0 Å². The van der Waals surface area contributed by atoms with Crippen LogP contribution in [-0.4, -0.2) is 9.97 Å². The summed E-state index contributed by atoms with van der Waals surface area (Å²) in [6.07, 6.45) is 1.60. The molecule has 0 aliphatic heterocycles. The summed E-state index contributed by atoms with van der Waals surface area (Å²) in [6.45, 7) is 0. The molecule has 3 aromatic heterocycles. The van der Waals surface area contributed by atoms with Gasteiger partial charge in [0, 0.05) is 17.0 Å². The highest BCUT2D eigenvalue weighted by Gasteiger charge is 2.13. The fraction of sp³-hybridized carbons (Fsp3) is 0. The molecule has 0 aliphatic carbocycles. The number of nitrogens with zero attached hydrogens (tertiary/aromatic N) is 1. The number of aromatic amines is 1. The maximum Gasteiger partial charge on any atom is 0.360 e. The third-order valence-corrected chi connectivity index (χ3v) is 3.34. The van der Waals surface area contributed by atoms with Gasteiger partial charge in [0.2, 0.25) is 0 Å². The fourth-order valence-corrected chi connectivity index (χ4v) is 2.48. The summed E-state index contributed by atoms with van der Waals surface area (Å²) in [7, 11) is 0. The van der Waals surface area contributed by atoms with E-state index >= 15 is 0 Å². The van der Waals surface area contributed by atoms with Crippen molar-refractivity contribution in [2.45, 2.75) is 0 Å². The average Bonchev–Trinajstić information content (AvgIpc) is 2.48. The van der Waals surface area contributed by atoms with E-state index in [0.717, 1.165) is 5.39 Å². The number of fused-ring (bicyclic) bond motifs is 5. The summed E-state index contributed by atoms with van der Waals surface area (Å²) in [6, 6.07) is 10.6. The molecule has 4 rings (SSSR count). The van der Waals surface area contributed by atoms with E-state index in [-0.39, 0.29) is 11.1 Å². The Bertz CT molecular complexity index is 1090. The summed E-state index contributed by atoms with van der Waals surface area (Å²) in [4.78, 5) is 30.9. The van der Waals surface area contributed by atoms with Crippen LogP contribution in [0.3, 0.4) is 0 Å². The first-order valence-corrected chi connectivity index (χ1v) is 6.08. The Kier molecular flexibility index (Phi) is 2.06. The van der Waals surface area contributed by atoms with Crippen LogP contribution in [0.2, 0.25) is 0 Å². The number of para-hydroxylation sites is 1. The summed E-state index contributed by atoms with van der Waals surface area (Å²) >= 11 is 0. The van der Waals surface area contributed by atoms with Crippen LogP contribution in [-0.2, 0) is 0 Å². The lowest BCUT2D eigenvalue weighted by molar-refractivity contribution is 0.568. The van der Waals surface area contributed by atoms with Gasteiger partial charge in [-0.25, -0.2) is 4.79 Å². The smallest absolute Gasteiger partial charge is 0.360 e. The van der Waals surface area contributed by atoms with Gasteiger partial charge in [0.1, 0.15) is 11.1 Å². The highest BCUT2D eigenvalue weighted by Crippen LogP contribution is 2.25. The van der Waals surface area contributed by atoms with Crippen LogP contribution < -0.4 is 11.2 Å². The Balaban J connectivity index is 2.49. The molecule has 0 fully saturated rings. The quantitative estimate of drug-likeness (QED) is 0.390. The minimum atomic E-state index is -0.566. The monoisotopic (exact) mass is 264 g/mol. The highest BCUT2D eigenvalue weighted by molar-refractivity contribution is 6.15. The zero-order valence-corrected chi connectivity index (χ0v) is 10.2. The van der Waals surface area contributed by atoms with Crippen molar-refractivity contribution in [1.29, 1.82) is 0 Å². The zero-order chi connectivity index (χ0) is 13.7. The van der Waals surface area contributed by atoms with Crippen LogP contribution in [0.15, 0.2) is 56.6 Å². The molecule has 0 unspecified atom stereocenters. The van der Waals surface area contributed by atoms with Crippen LogP contribution in [0.5, 0.6) is 0 Å². The molecular weight excluding hydrogens is 256 g/mol. The summed E-state index contributed by atoms with van der Waals surface area (Å²) in [5.74, 6) is 0. The number of rotatable bonds is 0. The Morgan fingerprint density at radius 3 is 2.70 bits per heavy atom. The molecule has 1 aromatic carbocycles. The molecule has 0 amide bonds. The van der Waals surface area contributed by atoms with E-state index in [4.69, 9.17) is 4.42 Å². The van der Waals surface area contributed by atoms with Crippen LogP contribution >= 0.6 is 0 Å². The highest BCUT2D eigenvalue weighted by atomic mass is 16.4. The lowest BCUT2D eigenvalue weighted by Gasteiger charge is -2.04. The second-order valence-corrected chi connectivity index (χ2v) is 4.49. The van der Waals surface area contributed by atoms with Crippen molar-refractivity contribution in [3.05, 3.63) is 63.4 Å². The molecule has 0 atom stereocenters. The minimum absolute atomic E-state index is 0.153. The molecule has 96 valence electrons. The first kappa shape index (κ1) is 10.9. The molecule has 0 bridgehead atoms. The van der Waals surface area contributed by atoms with Gasteiger partial charge in [0.05, 0.1) is 10.9 Å². The lowest BCUT2D eigenvalue weighted by Crippen LogP contribution is -2.13. The van der Waals surface area contributed by atoms with Crippen molar-refractivity contribution in [3.63, 3.8) is 0 Å². The molecule has 5 nitrogen and oxygen atoms in total. The number of benzene rings is 1. The van der Waals surface area contributed by atoms with Gasteiger partial charge in [-0.1, -0.05) is 18.2 Å². The average molecular weight is 264 g/mol. The maximum atomic E-state index is 12.0. The predicted molar refractivity (Wildman–Crippen MR) is 75.9 cm³/mol. The normalized spacial score (nSPS) is 11.4. The first-order chi connectivity index (χ1) is 9.75.